The van der Waals surface area contributed by atoms with E-state index in [0.29, 0.717) is 6.54 Å². The van der Waals surface area contributed by atoms with Crippen LogP contribution < -0.4 is 10.2 Å². The number of piperidine rings is 1. The van der Waals surface area contributed by atoms with E-state index in [1.165, 1.54) is 6.07 Å². The maximum atomic E-state index is 11.9. The molecule has 2 amide bonds. The molecule has 8 nitrogen and oxygen atoms in total. The third kappa shape index (κ3) is 2.95. The number of nitro benzene ring substituents is 1. The maximum absolute atomic E-state index is 11.9. The molecule has 2 saturated heterocycles. The van der Waals surface area contributed by atoms with Crippen LogP contribution in [0, 0.1) is 10.1 Å². The summed E-state index contributed by atoms with van der Waals surface area (Å²) in [6, 6.07) is 8.70. The Labute approximate surface area is 144 Å². The number of carbonyl (C=O) groups excluding carboxylic acids is 1. The Kier molecular flexibility index (Phi) is 3.87. The van der Waals surface area contributed by atoms with Gasteiger partial charge in [-0.2, -0.15) is 0 Å². The van der Waals surface area contributed by atoms with Crippen LogP contribution in [0.4, 0.5) is 16.3 Å². The Balaban J connectivity index is 1.57. The molecule has 3 heterocycles. The van der Waals surface area contributed by atoms with Gasteiger partial charge in [0.15, 0.2) is 0 Å². The zero-order valence-corrected chi connectivity index (χ0v) is 13.7. The van der Waals surface area contributed by atoms with Crippen LogP contribution in [0.5, 0.6) is 0 Å². The van der Waals surface area contributed by atoms with Crippen LogP contribution in [0.2, 0.25) is 0 Å². The highest BCUT2D eigenvalue weighted by Gasteiger charge is 2.31. The number of pyridine rings is 1. The van der Waals surface area contributed by atoms with Crippen LogP contribution in [0.1, 0.15) is 12.8 Å². The number of fused-ring (bicyclic) bond motifs is 1. The number of non-ortho nitro benzene ring substituents is 1. The van der Waals surface area contributed by atoms with E-state index in [0.717, 1.165) is 49.2 Å². The third-order valence-corrected chi connectivity index (χ3v) is 4.92. The second-order valence-corrected chi connectivity index (χ2v) is 6.47. The van der Waals surface area contributed by atoms with Gasteiger partial charge in [-0.25, -0.2) is 9.78 Å². The number of amides is 2. The van der Waals surface area contributed by atoms with E-state index in [-0.39, 0.29) is 17.8 Å². The normalized spacial score (nSPS) is 20.8. The van der Waals surface area contributed by atoms with Gasteiger partial charge in [-0.1, -0.05) is 0 Å². The molecule has 2 aliphatic rings. The summed E-state index contributed by atoms with van der Waals surface area (Å²) in [5, 5.41) is 14.5. The largest absolute Gasteiger partial charge is 0.355 e. The third-order valence-electron chi connectivity index (χ3n) is 4.92. The highest BCUT2D eigenvalue weighted by Crippen LogP contribution is 2.26. The fourth-order valence-electron chi connectivity index (χ4n) is 3.64. The summed E-state index contributed by atoms with van der Waals surface area (Å²) in [5.41, 5.74) is 0.810. The van der Waals surface area contributed by atoms with E-state index >= 15 is 0 Å². The van der Waals surface area contributed by atoms with Crippen molar-refractivity contribution in [2.75, 3.05) is 31.1 Å². The summed E-state index contributed by atoms with van der Waals surface area (Å²) in [4.78, 5) is 31.2. The van der Waals surface area contributed by atoms with Gasteiger partial charge < -0.3 is 15.1 Å². The lowest BCUT2D eigenvalue weighted by Crippen LogP contribution is -2.49. The molecular formula is C17H19N5O3. The van der Waals surface area contributed by atoms with Crippen LogP contribution in [-0.2, 0) is 0 Å². The van der Waals surface area contributed by atoms with Gasteiger partial charge in [0.2, 0.25) is 0 Å². The average molecular weight is 341 g/mol. The standard InChI is InChI=1S/C17H19N5O3/c23-17-18-7-9-21(17)14-2-1-8-20(11-14)16-6-3-12-10-13(22(24)25)4-5-15(12)19-16/h3-6,10,14H,1-2,7-9,11H2,(H,18,23)/t14-/m1/s1. The Morgan fingerprint density at radius 1 is 1.24 bits per heavy atom. The van der Waals surface area contributed by atoms with E-state index in [9.17, 15) is 14.9 Å². The van der Waals surface area contributed by atoms with E-state index in [1.807, 2.05) is 17.0 Å². The Bertz CT molecular complexity index is 840. The summed E-state index contributed by atoms with van der Waals surface area (Å²) in [5.74, 6) is 0.852. The second-order valence-electron chi connectivity index (χ2n) is 6.47. The van der Waals surface area contributed by atoms with Crippen molar-refractivity contribution in [1.82, 2.24) is 15.2 Å². The van der Waals surface area contributed by atoms with Gasteiger partial charge in [-0.05, 0) is 31.0 Å². The van der Waals surface area contributed by atoms with Crippen molar-refractivity contribution in [1.29, 1.82) is 0 Å². The number of nitrogens with zero attached hydrogens (tertiary/aromatic N) is 4. The van der Waals surface area contributed by atoms with Crippen molar-refractivity contribution >= 4 is 28.4 Å². The number of nitrogens with one attached hydrogen (secondary N) is 1. The van der Waals surface area contributed by atoms with Gasteiger partial charge in [-0.3, -0.25) is 10.1 Å². The Morgan fingerprint density at radius 2 is 2.12 bits per heavy atom. The first-order valence-corrected chi connectivity index (χ1v) is 8.46. The number of urea groups is 1. The molecule has 0 aliphatic carbocycles. The topological polar surface area (TPSA) is 91.6 Å². The van der Waals surface area contributed by atoms with Crippen LogP contribution >= 0.6 is 0 Å². The monoisotopic (exact) mass is 341 g/mol. The Hall–Kier alpha value is -2.90. The lowest BCUT2D eigenvalue weighted by atomic mass is 10.0. The first kappa shape index (κ1) is 15.6. The average Bonchev–Trinajstić information content (AvgIpc) is 3.07. The van der Waals surface area contributed by atoms with Crippen molar-refractivity contribution in [2.24, 2.45) is 0 Å². The van der Waals surface area contributed by atoms with Crippen molar-refractivity contribution in [3.05, 3.63) is 40.4 Å². The highest BCUT2D eigenvalue weighted by atomic mass is 16.6. The van der Waals surface area contributed by atoms with E-state index in [1.54, 1.807) is 12.1 Å². The fourth-order valence-corrected chi connectivity index (χ4v) is 3.64. The highest BCUT2D eigenvalue weighted by molar-refractivity contribution is 5.82. The lowest BCUT2D eigenvalue weighted by molar-refractivity contribution is -0.384. The molecule has 0 radical (unpaired) electrons. The van der Waals surface area contributed by atoms with Gasteiger partial charge in [0.1, 0.15) is 5.82 Å². The summed E-state index contributed by atoms with van der Waals surface area (Å²) in [7, 11) is 0. The molecule has 2 fully saturated rings. The molecule has 1 N–H and O–H groups in total. The van der Waals surface area contributed by atoms with Gasteiger partial charge in [-0.15, -0.1) is 0 Å². The molecule has 130 valence electrons. The smallest absolute Gasteiger partial charge is 0.317 e. The SMILES string of the molecule is O=C1NCCN1[C@@H]1CCCN(c2ccc3cc([N+](=O)[O-])ccc3n2)C1. The van der Waals surface area contributed by atoms with Crippen molar-refractivity contribution in [3.8, 4) is 0 Å². The molecule has 1 atom stereocenters. The minimum Gasteiger partial charge on any atom is -0.355 e. The number of benzene rings is 1. The molecule has 0 unspecified atom stereocenters. The minimum atomic E-state index is -0.399. The zero-order chi connectivity index (χ0) is 17.4. The number of rotatable bonds is 3. The molecule has 1 aromatic carbocycles. The fraction of sp³-hybridized carbons (Fsp3) is 0.412. The molecule has 0 bridgehead atoms. The van der Waals surface area contributed by atoms with Gasteiger partial charge in [0.05, 0.1) is 16.5 Å². The van der Waals surface area contributed by atoms with Crippen molar-refractivity contribution < 1.29 is 9.72 Å². The number of hydrogen-bond acceptors (Lipinski definition) is 5. The van der Waals surface area contributed by atoms with Crippen LogP contribution in [0.3, 0.4) is 0 Å². The zero-order valence-electron chi connectivity index (χ0n) is 13.7. The molecule has 2 aromatic rings. The summed E-state index contributed by atoms with van der Waals surface area (Å²) >= 11 is 0. The first-order valence-electron chi connectivity index (χ1n) is 8.46. The molecule has 0 spiro atoms. The molecule has 4 rings (SSSR count). The molecule has 2 aliphatic heterocycles. The summed E-state index contributed by atoms with van der Waals surface area (Å²) < 4.78 is 0. The first-order chi connectivity index (χ1) is 12.1. The van der Waals surface area contributed by atoms with Crippen molar-refractivity contribution in [3.63, 3.8) is 0 Å². The van der Waals surface area contributed by atoms with E-state index in [2.05, 4.69) is 15.2 Å². The summed E-state index contributed by atoms with van der Waals surface area (Å²) in [6.45, 7) is 3.13. The van der Waals surface area contributed by atoms with Crippen molar-refractivity contribution in [2.45, 2.75) is 18.9 Å². The molecule has 1 aromatic heterocycles. The van der Waals surface area contributed by atoms with Crippen LogP contribution in [0.15, 0.2) is 30.3 Å². The summed E-state index contributed by atoms with van der Waals surface area (Å²) in [6.07, 6.45) is 2.01. The number of carbonyl (C=O) groups is 1. The minimum absolute atomic E-state index is 0.0191. The predicted molar refractivity (Wildman–Crippen MR) is 93.7 cm³/mol. The number of hydrogen-bond donors (Lipinski definition) is 1. The van der Waals surface area contributed by atoms with Crippen LogP contribution in [-0.4, -0.2) is 53.1 Å². The molecule has 25 heavy (non-hydrogen) atoms. The van der Waals surface area contributed by atoms with Gasteiger partial charge >= 0.3 is 6.03 Å². The van der Waals surface area contributed by atoms with Crippen LogP contribution in [0.25, 0.3) is 10.9 Å². The molecule has 0 saturated carbocycles. The number of nitro groups is 1. The number of anilines is 1. The number of aromatic nitrogens is 1. The second kappa shape index (κ2) is 6.19. The predicted octanol–water partition coefficient (Wildman–Crippen LogP) is 2.14. The van der Waals surface area contributed by atoms with Gasteiger partial charge in [0, 0.05) is 43.7 Å². The Morgan fingerprint density at radius 3 is 2.88 bits per heavy atom. The van der Waals surface area contributed by atoms with Gasteiger partial charge in [0.25, 0.3) is 5.69 Å². The maximum Gasteiger partial charge on any atom is 0.317 e. The molecular weight excluding hydrogens is 322 g/mol. The lowest BCUT2D eigenvalue weighted by Gasteiger charge is -2.37. The molecule has 8 heteroatoms. The quantitative estimate of drug-likeness (QED) is 0.682. The van der Waals surface area contributed by atoms with E-state index < -0.39 is 4.92 Å². The van der Waals surface area contributed by atoms with E-state index in [4.69, 9.17) is 0 Å².